The molecule has 2 saturated heterocycles. The maximum atomic E-state index is 10.8. The number of nitrogens with zero attached hydrogens (tertiary/aromatic N) is 1. The van der Waals surface area contributed by atoms with Gasteiger partial charge in [0.2, 0.25) is 0 Å². The van der Waals surface area contributed by atoms with Gasteiger partial charge in [-0.05, 0) is 17.7 Å². The largest absolute Gasteiger partial charge is 0.484 e. The van der Waals surface area contributed by atoms with E-state index in [0.717, 1.165) is 44.9 Å². The number of nitrogens with one attached hydrogen (secondary N) is 1. The molecule has 1 amide bonds. The van der Waals surface area contributed by atoms with Gasteiger partial charge in [-0.25, -0.2) is 0 Å². The number of hydrogen-bond donors (Lipinski definition) is 2. The molecule has 0 radical (unpaired) electrons. The Labute approximate surface area is 142 Å². The van der Waals surface area contributed by atoms with Gasteiger partial charge in [0.1, 0.15) is 11.4 Å². The number of hydrogen-bond acceptors (Lipinski definition) is 6. The Morgan fingerprint density at radius 3 is 3.21 bits per heavy atom. The van der Waals surface area contributed by atoms with Crippen molar-refractivity contribution in [1.82, 2.24) is 10.2 Å². The number of amides is 1. The van der Waals surface area contributed by atoms with E-state index in [4.69, 9.17) is 19.9 Å². The minimum atomic E-state index is -0.476. The molecule has 2 aliphatic heterocycles. The van der Waals surface area contributed by atoms with Crippen molar-refractivity contribution in [3.05, 3.63) is 29.8 Å². The Morgan fingerprint density at radius 1 is 1.42 bits per heavy atom. The summed E-state index contributed by atoms with van der Waals surface area (Å²) in [4.78, 5) is 13.2. The normalized spacial score (nSPS) is 25.3. The Morgan fingerprint density at radius 2 is 2.33 bits per heavy atom. The molecule has 0 saturated carbocycles. The van der Waals surface area contributed by atoms with E-state index in [1.54, 1.807) is 0 Å². The Balaban J connectivity index is 1.60. The van der Waals surface area contributed by atoms with Gasteiger partial charge in [0.15, 0.2) is 6.61 Å². The van der Waals surface area contributed by atoms with Crippen molar-refractivity contribution in [2.24, 2.45) is 5.73 Å². The summed E-state index contributed by atoms with van der Waals surface area (Å²) in [6, 6.07) is 7.77. The molecule has 1 aromatic rings. The van der Waals surface area contributed by atoms with Crippen molar-refractivity contribution in [2.75, 3.05) is 52.6 Å². The van der Waals surface area contributed by atoms with Crippen LogP contribution in [-0.2, 0) is 20.8 Å². The quantitative estimate of drug-likeness (QED) is 0.771. The Hall–Kier alpha value is -1.67. The summed E-state index contributed by atoms with van der Waals surface area (Å²) in [5, 5.41) is 3.39. The van der Waals surface area contributed by atoms with Crippen LogP contribution in [0, 0.1) is 0 Å². The van der Waals surface area contributed by atoms with Gasteiger partial charge in [0.05, 0.1) is 19.8 Å². The van der Waals surface area contributed by atoms with E-state index in [1.165, 1.54) is 0 Å². The van der Waals surface area contributed by atoms with Crippen molar-refractivity contribution < 1.29 is 19.0 Å². The third kappa shape index (κ3) is 4.67. The second-order valence-electron chi connectivity index (χ2n) is 6.37. The lowest BCUT2D eigenvalue weighted by Crippen LogP contribution is -2.57. The fraction of sp³-hybridized carbons (Fsp3) is 0.588. The van der Waals surface area contributed by atoms with Gasteiger partial charge in [-0.1, -0.05) is 12.1 Å². The molecule has 132 valence electrons. The maximum Gasteiger partial charge on any atom is 0.255 e. The number of ether oxygens (including phenoxy) is 3. The summed E-state index contributed by atoms with van der Waals surface area (Å²) in [5.41, 5.74) is 5.98. The van der Waals surface area contributed by atoms with Crippen LogP contribution >= 0.6 is 0 Å². The first-order chi connectivity index (χ1) is 11.7. The van der Waals surface area contributed by atoms with E-state index in [9.17, 15) is 4.79 Å². The topological polar surface area (TPSA) is 86.1 Å². The van der Waals surface area contributed by atoms with E-state index in [-0.39, 0.29) is 12.2 Å². The molecule has 2 fully saturated rings. The smallest absolute Gasteiger partial charge is 0.255 e. The lowest BCUT2D eigenvalue weighted by Gasteiger charge is -2.41. The molecule has 7 nitrogen and oxygen atoms in total. The molecule has 24 heavy (non-hydrogen) atoms. The van der Waals surface area contributed by atoms with Crippen molar-refractivity contribution in [1.29, 1.82) is 0 Å². The summed E-state index contributed by atoms with van der Waals surface area (Å²) < 4.78 is 17.1. The molecular formula is C17H25N3O4. The predicted molar refractivity (Wildman–Crippen MR) is 88.8 cm³/mol. The molecule has 0 aliphatic carbocycles. The van der Waals surface area contributed by atoms with Gasteiger partial charge in [-0.15, -0.1) is 0 Å². The zero-order valence-electron chi connectivity index (χ0n) is 13.8. The van der Waals surface area contributed by atoms with Crippen LogP contribution < -0.4 is 15.8 Å². The second kappa shape index (κ2) is 7.94. The van der Waals surface area contributed by atoms with Gasteiger partial charge in [-0.3, -0.25) is 9.69 Å². The molecule has 7 heteroatoms. The number of benzene rings is 1. The Bertz CT molecular complexity index is 559. The lowest BCUT2D eigenvalue weighted by atomic mass is 10.0. The highest BCUT2D eigenvalue weighted by molar-refractivity contribution is 5.75. The highest BCUT2D eigenvalue weighted by Crippen LogP contribution is 2.22. The molecule has 1 aromatic carbocycles. The highest BCUT2D eigenvalue weighted by atomic mass is 16.5. The molecule has 1 unspecified atom stereocenters. The van der Waals surface area contributed by atoms with Gasteiger partial charge < -0.3 is 25.3 Å². The van der Waals surface area contributed by atoms with Crippen molar-refractivity contribution in [3.8, 4) is 5.75 Å². The average molecular weight is 335 g/mol. The fourth-order valence-corrected chi connectivity index (χ4v) is 3.17. The van der Waals surface area contributed by atoms with Crippen LogP contribution in [0.15, 0.2) is 24.3 Å². The molecular weight excluding hydrogens is 310 g/mol. The second-order valence-corrected chi connectivity index (χ2v) is 6.37. The lowest BCUT2D eigenvalue weighted by molar-refractivity contribution is -0.135. The monoisotopic (exact) mass is 335 g/mol. The molecule has 0 bridgehead atoms. The zero-order chi connectivity index (χ0) is 16.8. The molecule has 0 aromatic heterocycles. The number of rotatable bonds is 5. The van der Waals surface area contributed by atoms with E-state index in [2.05, 4.69) is 16.3 Å². The van der Waals surface area contributed by atoms with Crippen LogP contribution in [0.1, 0.15) is 5.56 Å². The van der Waals surface area contributed by atoms with Crippen LogP contribution in [0.4, 0.5) is 0 Å². The van der Waals surface area contributed by atoms with Crippen LogP contribution in [-0.4, -0.2) is 69.0 Å². The summed E-state index contributed by atoms with van der Waals surface area (Å²) >= 11 is 0. The molecule has 3 rings (SSSR count). The SMILES string of the molecule is NC(=O)COc1cccc(CN2CCOC3(CNCCOC3)C2)c1. The zero-order valence-corrected chi connectivity index (χ0v) is 13.8. The summed E-state index contributed by atoms with van der Waals surface area (Å²) in [5.74, 6) is 0.185. The third-order valence-corrected chi connectivity index (χ3v) is 4.25. The number of carbonyl (C=O) groups excluding carboxylic acids is 1. The predicted octanol–water partition coefficient (Wildman–Crippen LogP) is -0.258. The number of nitrogens with two attached hydrogens (primary N) is 1. The minimum absolute atomic E-state index is 0.104. The molecule has 1 spiro atoms. The minimum Gasteiger partial charge on any atom is -0.484 e. The van der Waals surface area contributed by atoms with E-state index >= 15 is 0 Å². The van der Waals surface area contributed by atoms with Crippen molar-refractivity contribution >= 4 is 5.91 Å². The van der Waals surface area contributed by atoms with Gasteiger partial charge >= 0.3 is 0 Å². The molecule has 1 atom stereocenters. The fourth-order valence-electron chi connectivity index (χ4n) is 3.17. The van der Waals surface area contributed by atoms with Crippen molar-refractivity contribution in [3.63, 3.8) is 0 Å². The third-order valence-electron chi connectivity index (χ3n) is 4.25. The van der Waals surface area contributed by atoms with Crippen LogP contribution in [0.25, 0.3) is 0 Å². The van der Waals surface area contributed by atoms with Gasteiger partial charge in [-0.2, -0.15) is 0 Å². The standard InChI is InChI=1S/C17H25N3O4/c18-16(21)10-23-15-3-1-2-14(8-15)9-20-5-7-24-17(12-20)11-19-4-6-22-13-17/h1-3,8,19H,4-7,9-13H2,(H2,18,21). The van der Waals surface area contributed by atoms with Gasteiger partial charge in [0.25, 0.3) is 5.91 Å². The van der Waals surface area contributed by atoms with Crippen LogP contribution in [0.2, 0.25) is 0 Å². The average Bonchev–Trinajstić information content (AvgIpc) is 2.79. The van der Waals surface area contributed by atoms with E-state index < -0.39 is 5.91 Å². The van der Waals surface area contributed by atoms with Crippen LogP contribution in [0.3, 0.4) is 0 Å². The van der Waals surface area contributed by atoms with Gasteiger partial charge in [0, 0.05) is 32.7 Å². The summed E-state index contributed by atoms with van der Waals surface area (Å²) in [7, 11) is 0. The van der Waals surface area contributed by atoms with Crippen LogP contribution in [0.5, 0.6) is 5.75 Å². The Kier molecular flexibility index (Phi) is 5.68. The van der Waals surface area contributed by atoms with Crippen molar-refractivity contribution in [2.45, 2.75) is 12.1 Å². The number of morpholine rings is 1. The number of carbonyl (C=O) groups is 1. The maximum absolute atomic E-state index is 10.8. The first-order valence-electron chi connectivity index (χ1n) is 8.30. The first-order valence-corrected chi connectivity index (χ1v) is 8.30. The van der Waals surface area contributed by atoms with E-state index in [0.29, 0.717) is 19.0 Å². The summed E-state index contributed by atoms with van der Waals surface area (Å²) in [6.45, 7) is 6.13. The first kappa shape index (κ1) is 17.2. The number of primary amides is 1. The molecule has 3 N–H and O–H groups in total. The highest BCUT2D eigenvalue weighted by Gasteiger charge is 2.37. The molecule has 2 heterocycles. The molecule has 2 aliphatic rings. The van der Waals surface area contributed by atoms with E-state index in [1.807, 2.05) is 18.2 Å². The summed E-state index contributed by atoms with van der Waals surface area (Å²) in [6.07, 6.45) is 0.